The number of rotatable bonds is 80. The van der Waals surface area contributed by atoms with E-state index < -0.39 is 91.5 Å². The van der Waals surface area contributed by atoms with Crippen LogP contribution in [-0.4, -0.2) is 95.9 Å². The molecule has 16 nitrogen and oxygen atoms in total. The molecule has 0 saturated carbocycles. The Kier molecular flexibility index (Phi) is 79.0. The highest BCUT2D eigenvalue weighted by Gasteiger charge is 2.29. The molecule has 0 radical (unpaired) electrons. The molecular formula is C91H154O16P2. The smallest absolute Gasteiger partial charge is 0.463 e. The minimum atomic E-state index is -4.95. The summed E-state index contributed by atoms with van der Waals surface area (Å²) in [5.41, 5.74) is 0. The molecule has 0 spiro atoms. The normalized spacial score (nSPS) is 14.7. The second-order valence-electron chi connectivity index (χ2n) is 28.2. The number of ether oxygens (including phenoxy) is 3. The van der Waals surface area contributed by atoms with Crippen molar-refractivity contribution >= 4 is 33.6 Å². The first-order valence-electron chi connectivity index (χ1n) is 42.8. The molecule has 109 heavy (non-hydrogen) atoms. The van der Waals surface area contributed by atoms with Gasteiger partial charge in [-0.05, 0) is 154 Å². The van der Waals surface area contributed by atoms with Gasteiger partial charge in [-0.3, -0.25) is 32.5 Å². The molecule has 0 saturated heterocycles. The molecule has 0 bridgehead atoms. The van der Waals surface area contributed by atoms with E-state index in [9.17, 15) is 43.5 Å². The standard InChI is InChI=1S/C91H154O16P2/c1-4-7-10-13-16-19-22-25-28-31-34-37-38-39-40-41-42-43-44-45-46-49-51-53-56-59-62-65-68-71-74-77-89(94)101-80-86(92)81-103-108(97,98)104-82-87(93)83-105-109(99,100)106-85-88(107-91(96)79-76-73-70-67-64-61-58-55-52-48-36-33-30-27-24-21-18-15-12-9-6-3)84-102-90(95)78-75-72-69-66-63-60-57-54-50-47-35-32-29-26-23-20-17-14-11-8-5-2/h8,11,16-21,25-30,34-37,39-40,47-48,54-55,57-58,86-88,92-93H,4-7,9-10,12-15,22-24,31-33,38,41-46,49-53,56,59-85H2,1-3H3,(H,97,98)(H,99,100)/b11-8-,19-16-,20-17-,21-18-,28-25-,29-26-,30-27-,37-34-,40-39-,47-35-,48-36-,57-54-,58-55-. The van der Waals surface area contributed by atoms with Crippen molar-refractivity contribution in [3.05, 3.63) is 158 Å². The first-order chi connectivity index (χ1) is 53.2. The van der Waals surface area contributed by atoms with Gasteiger partial charge in [0.2, 0.25) is 0 Å². The summed E-state index contributed by atoms with van der Waals surface area (Å²) in [4.78, 5) is 58.8. The molecule has 0 aromatic carbocycles. The fourth-order valence-electron chi connectivity index (χ4n) is 11.2. The topological polar surface area (TPSA) is 231 Å². The van der Waals surface area contributed by atoms with E-state index in [1.54, 1.807) is 0 Å². The van der Waals surface area contributed by atoms with Crippen molar-refractivity contribution in [3.8, 4) is 0 Å². The Morgan fingerprint density at radius 2 is 0.486 bits per heavy atom. The van der Waals surface area contributed by atoms with E-state index in [0.717, 1.165) is 161 Å². The minimum absolute atomic E-state index is 0.0739. The number of esters is 3. The van der Waals surface area contributed by atoms with Crippen LogP contribution in [0.25, 0.3) is 0 Å². The van der Waals surface area contributed by atoms with Crippen molar-refractivity contribution < 1.29 is 75.8 Å². The lowest BCUT2D eigenvalue weighted by molar-refractivity contribution is -0.161. The van der Waals surface area contributed by atoms with Crippen LogP contribution < -0.4 is 0 Å². The largest absolute Gasteiger partial charge is 0.472 e. The van der Waals surface area contributed by atoms with E-state index >= 15 is 0 Å². The van der Waals surface area contributed by atoms with Crippen LogP contribution in [0.2, 0.25) is 0 Å². The number of aliphatic hydroxyl groups is 2. The zero-order chi connectivity index (χ0) is 79.4. The molecule has 5 unspecified atom stereocenters. The molecular weight excluding hydrogens is 1410 g/mol. The Hall–Kier alpha value is -4.83. The van der Waals surface area contributed by atoms with Crippen LogP contribution in [-0.2, 0) is 55.8 Å². The number of hydrogen-bond acceptors (Lipinski definition) is 14. The van der Waals surface area contributed by atoms with E-state index in [1.807, 2.05) is 0 Å². The third-order valence-electron chi connectivity index (χ3n) is 17.7. The second-order valence-corrected chi connectivity index (χ2v) is 31.2. The Morgan fingerprint density at radius 3 is 0.771 bits per heavy atom. The second kappa shape index (κ2) is 82.6. The molecule has 0 aliphatic heterocycles. The number of aliphatic hydroxyl groups excluding tert-OH is 2. The predicted octanol–water partition coefficient (Wildman–Crippen LogP) is 25.8. The first-order valence-corrected chi connectivity index (χ1v) is 45.8. The molecule has 0 amide bonds. The molecule has 0 rings (SSSR count). The van der Waals surface area contributed by atoms with Gasteiger partial charge in [0, 0.05) is 19.3 Å². The molecule has 624 valence electrons. The highest BCUT2D eigenvalue weighted by atomic mass is 31.2. The predicted molar refractivity (Wildman–Crippen MR) is 454 cm³/mol. The van der Waals surface area contributed by atoms with E-state index in [4.69, 9.17) is 32.3 Å². The zero-order valence-electron chi connectivity index (χ0n) is 68.4. The van der Waals surface area contributed by atoms with Crippen LogP contribution >= 0.6 is 15.6 Å². The maximum Gasteiger partial charge on any atom is 0.472 e. The molecule has 0 aromatic heterocycles. The van der Waals surface area contributed by atoms with Gasteiger partial charge in [-0.25, -0.2) is 9.13 Å². The lowest BCUT2D eigenvalue weighted by Crippen LogP contribution is -2.30. The van der Waals surface area contributed by atoms with Crippen LogP contribution in [0, 0.1) is 0 Å². The average molecular weight is 1570 g/mol. The van der Waals surface area contributed by atoms with Crippen molar-refractivity contribution in [3.63, 3.8) is 0 Å². The Morgan fingerprint density at radius 1 is 0.266 bits per heavy atom. The van der Waals surface area contributed by atoms with Crippen molar-refractivity contribution in [2.75, 3.05) is 39.6 Å². The molecule has 0 aromatic rings. The van der Waals surface area contributed by atoms with Gasteiger partial charge in [-0.1, -0.05) is 326 Å². The summed E-state index contributed by atoms with van der Waals surface area (Å²) in [6.45, 7) is 2.48. The molecule has 4 N–H and O–H groups in total. The van der Waals surface area contributed by atoms with Crippen LogP contribution in [0.4, 0.5) is 0 Å². The van der Waals surface area contributed by atoms with Crippen LogP contribution in [0.15, 0.2) is 158 Å². The quantitative estimate of drug-likeness (QED) is 0.0146. The number of carbonyl (C=O) groups is 3. The van der Waals surface area contributed by atoms with E-state index in [0.29, 0.717) is 19.3 Å². The molecule has 0 fully saturated rings. The number of unbranched alkanes of at least 4 members (excludes halogenated alkanes) is 31. The third kappa shape index (κ3) is 83.9. The van der Waals surface area contributed by atoms with Crippen molar-refractivity contribution in [1.29, 1.82) is 0 Å². The number of phosphoric ester groups is 2. The van der Waals surface area contributed by atoms with Gasteiger partial charge in [-0.2, -0.15) is 0 Å². The number of phosphoric acid groups is 2. The Labute approximate surface area is 663 Å². The summed E-state index contributed by atoms with van der Waals surface area (Å²) in [5.74, 6) is -1.62. The minimum Gasteiger partial charge on any atom is -0.463 e. The Bertz CT molecular complexity index is 2610. The maximum absolute atomic E-state index is 13.0. The molecule has 18 heteroatoms. The van der Waals surface area contributed by atoms with Gasteiger partial charge in [0.05, 0.1) is 26.4 Å². The highest BCUT2D eigenvalue weighted by molar-refractivity contribution is 7.47. The fourth-order valence-corrected chi connectivity index (χ4v) is 12.8. The lowest BCUT2D eigenvalue weighted by Gasteiger charge is -2.21. The molecule has 0 aliphatic rings. The van der Waals surface area contributed by atoms with Gasteiger partial charge < -0.3 is 34.2 Å². The summed E-state index contributed by atoms with van der Waals surface area (Å²) in [6, 6.07) is 0. The van der Waals surface area contributed by atoms with Gasteiger partial charge in [0.15, 0.2) is 6.10 Å². The SMILES string of the molecule is CC/C=C\C/C=C\C/C=C\C/C=C\C/C=C\CCCCCCCC(=O)OCC(COP(=O)(O)OCC(O)COP(=O)(O)OCC(O)COC(=O)CCCCCCCCCCCCCCCCC/C=C\C/C=C\C/C=C\C/C=C\CCCCC)OC(=O)CCCCCCC/C=C\C/C=C\C/C=C\C/C=C\CCCCC. The number of allylic oxidation sites excluding steroid dienone is 26. The highest BCUT2D eigenvalue weighted by Crippen LogP contribution is 2.45. The van der Waals surface area contributed by atoms with E-state index in [-0.39, 0.29) is 19.3 Å². The third-order valence-corrected chi connectivity index (χ3v) is 19.6. The van der Waals surface area contributed by atoms with Crippen LogP contribution in [0.5, 0.6) is 0 Å². The van der Waals surface area contributed by atoms with Gasteiger partial charge in [-0.15, -0.1) is 0 Å². The average Bonchev–Trinajstić information content (AvgIpc) is 0.902. The van der Waals surface area contributed by atoms with Gasteiger partial charge >= 0.3 is 33.6 Å². The van der Waals surface area contributed by atoms with E-state index in [2.05, 4.69) is 179 Å². The lowest BCUT2D eigenvalue weighted by atomic mass is 10.0. The summed E-state index contributed by atoms with van der Waals surface area (Å²) in [6.07, 6.45) is 104. The monoisotopic (exact) mass is 1570 g/mol. The molecule has 5 atom stereocenters. The number of hydrogen-bond donors (Lipinski definition) is 4. The fraction of sp³-hybridized carbons (Fsp3) is 0.681. The summed E-state index contributed by atoms with van der Waals surface area (Å²) < 4.78 is 61.3. The summed E-state index contributed by atoms with van der Waals surface area (Å²) >= 11 is 0. The molecule has 0 aliphatic carbocycles. The summed E-state index contributed by atoms with van der Waals surface area (Å²) in [5, 5.41) is 20.7. The van der Waals surface area contributed by atoms with E-state index in [1.165, 1.54) is 122 Å². The Balaban J connectivity index is 4.61. The van der Waals surface area contributed by atoms with Gasteiger partial charge in [0.25, 0.3) is 0 Å². The van der Waals surface area contributed by atoms with Crippen molar-refractivity contribution in [2.24, 2.45) is 0 Å². The first kappa shape index (κ1) is 104. The van der Waals surface area contributed by atoms with Crippen LogP contribution in [0.1, 0.15) is 342 Å². The number of carbonyl (C=O) groups excluding carboxylic acids is 3. The van der Waals surface area contributed by atoms with Crippen molar-refractivity contribution in [2.45, 2.75) is 360 Å². The van der Waals surface area contributed by atoms with Gasteiger partial charge in [0.1, 0.15) is 25.4 Å². The van der Waals surface area contributed by atoms with Crippen LogP contribution in [0.3, 0.4) is 0 Å². The maximum atomic E-state index is 13.0. The van der Waals surface area contributed by atoms with Crippen molar-refractivity contribution in [1.82, 2.24) is 0 Å². The zero-order valence-corrected chi connectivity index (χ0v) is 70.2. The summed E-state index contributed by atoms with van der Waals surface area (Å²) in [7, 11) is -9.82. The molecule has 0 heterocycles.